The van der Waals surface area contributed by atoms with E-state index in [-0.39, 0.29) is 12.1 Å². The van der Waals surface area contributed by atoms with Crippen LogP contribution in [0.4, 0.5) is 0 Å². The lowest BCUT2D eigenvalue weighted by atomic mass is 10.2. The molecule has 0 bridgehead atoms. The summed E-state index contributed by atoms with van der Waals surface area (Å²) in [5.74, 6) is 0.887. The average molecular weight is 233 g/mol. The van der Waals surface area contributed by atoms with Gasteiger partial charge in [0.25, 0.3) is 0 Å². The summed E-state index contributed by atoms with van der Waals surface area (Å²) < 4.78 is 5.15. The molecule has 2 aromatic heterocycles. The molecule has 17 heavy (non-hydrogen) atoms. The van der Waals surface area contributed by atoms with Crippen LogP contribution in [-0.4, -0.2) is 37.9 Å². The van der Waals surface area contributed by atoms with Crippen LogP contribution in [0.2, 0.25) is 0 Å². The van der Waals surface area contributed by atoms with Gasteiger partial charge in [-0.2, -0.15) is 4.98 Å². The number of hydrogen-bond acceptors (Lipinski definition) is 7. The lowest BCUT2D eigenvalue weighted by Crippen LogP contribution is -2.15. The van der Waals surface area contributed by atoms with Crippen LogP contribution in [0, 0.1) is 0 Å². The maximum absolute atomic E-state index is 9.41. The summed E-state index contributed by atoms with van der Waals surface area (Å²) in [5, 5.41) is 16.4. The van der Waals surface area contributed by atoms with Gasteiger partial charge in [-0.15, -0.1) is 0 Å². The number of aliphatic hydroxyl groups excluding tert-OH is 1. The molecule has 7 nitrogen and oxygen atoms in total. The van der Waals surface area contributed by atoms with Crippen LogP contribution >= 0.6 is 0 Å². The highest BCUT2D eigenvalue weighted by Crippen LogP contribution is 2.23. The molecule has 3 heterocycles. The van der Waals surface area contributed by atoms with Crippen LogP contribution in [0.1, 0.15) is 18.4 Å². The summed E-state index contributed by atoms with van der Waals surface area (Å²) >= 11 is 0. The van der Waals surface area contributed by atoms with Crippen molar-refractivity contribution >= 4 is 0 Å². The van der Waals surface area contributed by atoms with Crippen molar-refractivity contribution in [2.45, 2.75) is 18.6 Å². The number of hydrogen-bond donors (Lipinski definition) is 2. The zero-order valence-corrected chi connectivity index (χ0v) is 8.95. The van der Waals surface area contributed by atoms with Gasteiger partial charge < -0.3 is 14.9 Å². The Kier molecular flexibility index (Phi) is 2.54. The molecule has 3 rings (SSSR count). The van der Waals surface area contributed by atoms with Crippen LogP contribution in [0.5, 0.6) is 0 Å². The van der Waals surface area contributed by atoms with Crippen LogP contribution < -0.4 is 5.32 Å². The Morgan fingerprint density at radius 1 is 1.41 bits per heavy atom. The molecule has 0 unspecified atom stereocenters. The number of aromatic nitrogens is 4. The van der Waals surface area contributed by atoms with Crippen molar-refractivity contribution in [3.8, 4) is 11.5 Å². The van der Waals surface area contributed by atoms with E-state index in [4.69, 9.17) is 4.52 Å². The average Bonchev–Trinajstić information content (AvgIpc) is 2.98. The minimum Gasteiger partial charge on any atom is -0.392 e. The monoisotopic (exact) mass is 233 g/mol. The maximum Gasteiger partial charge on any atom is 0.244 e. The number of aliphatic hydroxyl groups is 1. The number of nitrogens with one attached hydrogen (secondary N) is 1. The fourth-order valence-electron chi connectivity index (χ4n) is 1.80. The van der Waals surface area contributed by atoms with Crippen molar-refractivity contribution in [1.29, 1.82) is 0 Å². The summed E-state index contributed by atoms with van der Waals surface area (Å²) in [7, 11) is 0. The first kappa shape index (κ1) is 10.3. The van der Waals surface area contributed by atoms with Crippen molar-refractivity contribution in [3.05, 3.63) is 24.5 Å². The van der Waals surface area contributed by atoms with Crippen LogP contribution in [0.25, 0.3) is 11.5 Å². The van der Waals surface area contributed by atoms with Gasteiger partial charge in [0.2, 0.25) is 11.7 Å². The second kappa shape index (κ2) is 4.19. The Hall–Kier alpha value is -1.86. The normalized spacial score (nSPS) is 24.1. The molecule has 0 radical (unpaired) electrons. The topological polar surface area (TPSA) is 97.0 Å². The lowest BCUT2D eigenvalue weighted by Gasteiger charge is -2.01. The zero-order chi connectivity index (χ0) is 11.7. The molecule has 88 valence electrons. The van der Waals surface area contributed by atoms with Crippen molar-refractivity contribution in [1.82, 2.24) is 25.4 Å². The predicted molar refractivity (Wildman–Crippen MR) is 56.7 cm³/mol. The van der Waals surface area contributed by atoms with Crippen molar-refractivity contribution in [2.75, 3.05) is 6.54 Å². The molecular weight excluding hydrogens is 222 g/mol. The third kappa shape index (κ3) is 2.02. The molecular formula is C10H11N5O2. The van der Waals surface area contributed by atoms with E-state index in [0.717, 1.165) is 0 Å². The molecule has 2 N–H and O–H groups in total. The van der Waals surface area contributed by atoms with E-state index in [9.17, 15) is 5.11 Å². The van der Waals surface area contributed by atoms with Crippen LogP contribution in [0.15, 0.2) is 23.1 Å². The molecule has 1 saturated heterocycles. The van der Waals surface area contributed by atoms with Gasteiger partial charge in [0.15, 0.2) is 0 Å². The quantitative estimate of drug-likeness (QED) is 0.748. The number of β-amino-alcohol motifs (C(OH)–C–C–N with tert-alkyl or cyclic N) is 1. The summed E-state index contributed by atoms with van der Waals surface area (Å²) in [4.78, 5) is 12.3. The fraction of sp³-hybridized carbons (Fsp3) is 0.400. The molecule has 0 spiro atoms. The highest BCUT2D eigenvalue weighted by Gasteiger charge is 2.28. The first-order valence-corrected chi connectivity index (χ1v) is 5.34. The molecule has 0 aromatic carbocycles. The molecule has 7 heteroatoms. The highest BCUT2D eigenvalue weighted by atomic mass is 16.5. The predicted octanol–water partition coefficient (Wildman–Crippen LogP) is -0.0781. The first-order chi connectivity index (χ1) is 8.33. The van der Waals surface area contributed by atoms with Gasteiger partial charge >= 0.3 is 0 Å². The molecule has 2 atom stereocenters. The zero-order valence-electron chi connectivity index (χ0n) is 8.95. The summed E-state index contributed by atoms with van der Waals surface area (Å²) in [6, 6.07) is -0.0806. The minimum atomic E-state index is -0.355. The molecule has 1 fully saturated rings. The first-order valence-electron chi connectivity index (χ1n) is 5.34. The minimum absolute atomic E-state index is 0.0806. The summed E-state index contributed by atoms with van der Waals surface area (Å²) in [6.07, 6.45) is 4.96. The Morgan fingerprint density at radius 2 is 2.35 bits per heavy atom. The van der Waals surface area contributed by atoms with E-state index < -0.39 is 0 Å². The van der Waals surface area contributed by atoms with Crippen LogP contribution in [-0.2, 0) is 0 Å². The molecule has 2 aromatic rings. The van der Waals surface area contributed by atoms with E-state index >= 15 is 0 Å². The van der Waals surface area contributed by atoms with Gasteiger partial charge in [0.1, 0.15) is 5.69 Å². The Bertz CT molecular complexity index is 500. The highest BCUT2D eigenvalue weighted by molar-refractivity contribution is 5.45. The van der Waals surface area contributed by atoms with E-state index in [1.165, 1.54) is 0 Å². The van der Waals surface area contributed by atoms with Crippen molar-refractivity contribution in [3.63, 3.8) is 0 Å². The SMILES string of the molecule is O[C@H]1CN[C@H](c2nc(-c3cnccn3)no2)C1. The third-order valence-corrected chi connectivity index (χ3v) is 2.64. The third-order valence-electron chi connectivity index (χ3n) is 2.64. The van der Waals surface area contributed by atoms with E-state index in [2.05, 4.69) is 25.4 Å². The fourth-order valence-corrected chi connectivity index (χ4v) is 1.80. The number of rotatable bonds is 2. The molecule has 1 aliphatic heterocycles. The second-order valence-corrected chi connectivity index (χ2v) is 3.90. The van der Waals surface area contributed by atoms with E-state index in [1.807, 2.05) is 0 Å². The Balaban J connectivity index is 1.84. The Labute approximate surface area is 96.9 Å². The second-order valence-electron chi connectivity index (χ2n) is 3.90. The Morgan fingerprint density at radius 3 is 3.06 bits per heavy atom. The van der Waals surface area contributed by atoms with Gasteiger partial charge in [0.05, 0.1) is 18.3 Å². The lowest BCUT2D eigenvalue weighted by molar-refractivity contribution is 0.191. The maximum atomic E-state index is 9.41. The largest absolute Gasteiger partial charge is 0.392 e. The van der Waals surface area contributed by atoms with Crippen molar-refractivity contribution in [2.24, 2.45) is 0 Å². The van der Waals surface area contributed by atoms with Gasteiger partial charge in [-0.05, 0) is 6.42 Å². The van der Waals surface area contributed by atoms with Crippen LogP contribution in [0.3, 0.4) is 0 Å². The summed E-state index contributed by atoms with van der Waals surface area (Å²) in [5.41, 5.74) is 0.570. The smallest absolute Gasteiger partial charge is 0.244 e. The molecule has 0 saturated carbocycles. The summed E-state index contributed by atoms with van der Waals surface area (Å²) in [6.45, 7) is 0.549. The standard InChI is InChI=1S/C10H11N5O2/c16-6-3-7(13-4-6)10-14-9(15-17-10)8-5-11-1-2-12-8/h1-2,5-7,13,16H,3-4H2/t6-,7+/m1/s1. The van der Waals surface area contributed by atoms with E-state index in [1.54, 1.807) is 18.6 Å². The molecule has 0 aliphatic carbocycles. The van der Waals surface area contributed by atoms with Gasteiger partial charge in [-0.25, -0.2) is 4.98 Å². The van der Waals surface area contributed by atoms with Gasteiger partial charge in [0, 0.05) is 18.9 Å². The van der Waals surface area contributed by atoms with Crippen molar-refractivity contribution < 1.29 is 9.63 Å². The van der Waals surface area contributed by atoms with Gasteiger partial charge in [-0.1, -0.05) is 5.16 Å². The molecule has 0 amide bonds. The number of nitrogens with zero attached hydrogens (tertiary/aromatic N) is 4. The van der Waals surface area contributed by atoms with E-state index in [0.29, 0.717) is 30.4 Å². The van der Waals surface area contributed by atoms with Gasteiger partial charge in [-0.3, -0.25) is 4.98 Å². The molecule has 1 aliphatic rings.